The molecule has 0 aliphatic heterocycles. The number of nitro benzene ring substituents is 1. The van der Waals surface area contributed by atoms with Gasteiger partial charge in [-0.15, -0.1) is 0 Å². The van der Waals surface area contributed by atoms with Crippen LogP contribution in [0.4, 0.5) is 11.4 Å². The molecule has 1 fully saturated rings. The van der Waals surface area contributed by atoms with E-state index in [1.807, 2.05) is 7.05 Å². The van der Waals surface area contributed by atoms with Crippen molar-refractivity contribution >= 4 is 17.5 Å². The summed E-state index contributed by atoms with van der Waals surface area (Å²) < 4.78 is 0. The molecule has 1 saturated carbocycles. The summed E-state index contributed by atoms with van der Waals surface area (Å²) in [7, 11) is 1.83. The molecule has 0 radical (unpaired) electrons. The lowest BCUT2D eigenvalue weighted by atomic mass is 10.0. The molecular weight excluding hydrogens is 204 g/mol. The zero-order chi connectivity index (χ0) is 11.7. The number of nitrogens with zero attached hydrogens (tertiary/aromatic N) is 1. The number of anilines is 1. The predicted octanol–water partition coefficient (Wildman–Crippen LogP) is 3.16. The lowest BCUT2D eigenvalue weighted by Crippen LogP contribution is -1.99. The van der Waals surface area contributed by atoms with Gasteiger partial charge in [0.25, 0.3) is 5.69 Å². The maximum absolute atomic E-state index is 10.8. The number of benzene rings is 1. The lowest BCUT2D eigenvalue weighted by Gasteiger charge is -2.11. The van der Waals surface area contributed by atoms with E-state index in [2.05, 4.69) is 11.9 Å². The molecule has 1 aromatic carbocycles. The maximum Gasteiger partial charge on any atom is 0.270 e. The van der Waals surface area contributed by atoms with Crippen LogP contribution in [0.2, 0.25) is 0 Å². The lowest BCUT2D eigenvalue weighted by molar-refractivity contribution is -0.384. The second kappa shape index (κ2) is 3.96. The van der Waals surface area contributed by atoms with Crippen molar-refractivity contribution in [1.82, 2.24) is 0 Å². The fourth-order valence-corrected chi connectivity index (χ4v) is 1.94. The Hall–Kier alpha value is -1.84. The molecule has 4 heteroatoms. The van der Waals surface area contributed by atoms with Gasteiger partial charge in [-0.25, -0.2) is 0 Å². The van der Waals surface area contributed by atoms with Gasteiger partial charge in [-0.05, 0) is 24.3 Å². The summed E-state index contributed by atoms with van der Waals surface area (Å²) in [6.07, 6.45) is 3.89. The van der Waals surface area contributed by atoms with Crippen molar-refractivity contribution in [3.8, 4) is 0 Å². The van der Waals surface area contributed by atoms with Crippen LogP contribution in [-0.2, 0) is 0 Å². The summed E-state index contributed by atoms with van der Waals surface area (Å²) in [5.41, 5.74) is 2.98. The van der Waals surface area contributed by atoms with Gasteiger partial charge in [-0.2, -0.15) is 0 Å². The first kappa shape index (κ1) is 10.7. The minimum absolute atomic E-state index is 0.149. The molecule has 0 unspecified atom stereocenters. The quantitative estimate of drug-likeness (QED) is 0.623. The second-order valence-electron chi connectivity index (χ2n) is 3.98. The molecule has 0 spiro atoms. The molecule has 0 bridgehead atoms. The smallest absolute Gasteiger partial charge is 0.270 e. The average molecular weight is 218 g/mol. The van der Waals surface area contributed by atoms with Crippen LogP contribution >= 0.6 is 0 Å². The van der Waals surface area contributed by atoms with Crippen molar-refractivity contribution < 1.29 is 4.92 Å². The van der Waals surface area contributed by atoms with E-state index in [0.29, 0.717) is 5.92 Å². The average Bonchev–Trinajstić information content (AvgIpc) is 3.10. The fourth-order valence-electron chi connectivity index (χ4n) is 1.94. The SMILES string of the molecule is C=Cc1cc([N+](=O)[O-])cc(C2CC2)c1NC. The van der Waals surface area contributed by atoms with Gasteiger partial charge in [-0.1, -0.05) is 12.7 Å². The van der Waals surface area contributed by atoms with Crippen LogP contribution in [0.25, 0.3) is 6.08 Å². The van der Waals surface area contributed by atoms with Crippen molar-refractivity contribution in [1.29, 1.82) is 0 Å². The largest absolute Gasteiger partial charge is 0.387 e. The first-order valence-corrected chi connectivity index (χ1v) is 5.30. The van der Waals surface area contributed by atoms with Crippen molar-refractivity contribution in [2.75, 3.05) is 12.4 Å². The predicted molar refractivity (Wildman–Crippen MR) is 64.7 cm³/mol. The summed E-state index contributed by atoms with van der Waals surface area (Å²) in [5.74, 6) is 0.473. The van der Waals surface area contributed by atoms with E-state index in [0.717, 1.165) is 29.7 Å². The van der Waals surface area contributed by atoms with Crippen LogP contribution in [-0.4, -0.2) is 12.0 Å². The van der Waals surface area contributed by atoms with Crippen LogP contribution in [0.3, 0.4) is 0 Å². The second-order valence-corrected chi connectivity index (χ2v) is 3.98. The van der Waals surface area contributed by atoms with Gasteiger partial charge in [0.1, 0.15) is 0 Å². The molecule has 1 aromatic rings. The zero-order valence-electron chi connectivity index (χ0n) is 9.19. The molecule has 0 amide bonds. The van der Waals surface area contributed by atoms with Crippen LogP contribution in [0.15, 0.2) is 18.7 Å². The monoisotopic (exact) mass is 218 g/mol. The van der Waals surface area contributed by atoms with Gasteiger partial charge in [0.05, 0.1) is 4.92 Å². The fraction of sp³-hybridized carbons (Fsp3) is 0.333. The summed E-state index contributed by atoms with van der Waals surface area (Å²) in [6, 6.07) is 3.24. The topological polar surface area (TPSA) is 55.2 Å². The van der Waals surface area contributed by atoms with Crippen LogP contribution in [0.5, 0.6) is 0 Å². The van der Waals surface area contributed by atoms with E-state index in [9.17, 15) is 10.1 Å². The molecule has 84 valence electrons. The van der Waals surface area contributed by atoms with E-state index in [-0.39, 0.29) is 10.6 Å². The summed E-state index contributed by atoms with van der Waals surface area (Å²) in [4.78, 5) is 10.5. The van der Waals surface area contributed by atoms with Crippen LogP contribution in [0.1, 0.15) is 29.9 Å². The van der Waals surface area contributed by atoms with Crippen molar-refractivity contribution in [3.63, 3.8) is 0 Å². The Kier molecular flexibility index (Phi) is 2.64. The number of hydrogen-bond acceptors (Lipinski definition) is 3. The van der Waals surface area contributed by atoms with Crippen molar-refractivity contribution in [3.05, 3.63) is 40.0 Å². The van der Waals surface area contributed by atoms with E-state index in [1.54, 1.807) is 18.2 Å². The van der Waals surface area contributed by atoms with E-state index >= 15 is 0 Å². The Labute approximate surface area is 94.1 Å². The third kappa shape index (κ3) is 1.78. The summed E-state index contributed by atoms with van der Waals surface area (Å²) in [6.45, 7) is 3.70. The normalized spacial score (nSPS) is 14.6. The summed E-state index contributed by atoms with van der Waals surface area (Å²) in [5, 5.41) is 13.9. The Balaban J connectivity index is 2.58. The first-order valence-electron chi connectivity index (χ1n) is 5.30. The molecule has 1 aliphatic rings. The maximum atomic E-state index is 10.8. The van der Waals surface area contributed by atoms with Gasteiger partial charge < -0.3 is 5.32 Å². The molecule has 1 aliphatic carbocycles. The van der Waals surface area contributed by atoms with Gasteiger partial charge in [0.2, 0.25) is 0 Å². The van der Waals surface area contributed by atoms with Gasteiger partial charge in [0.15, 0.2) is 0 Å². The first-order chi connectivity index (χ1) is 7.67. The third-order valence-electron chi connectivity index (χ3n) is 2.88. The molecular formula is C12H14N2O2. The molecule has 4 nitrogen and oxygen atoms in total. The highest BCUT2D eigenvalue weighted by Gasteiger charge is 2.28. The molecule has 0 heterocycles. The molecule has 16 heavy (non-hydrogen) atoms. The Morgan fingerprint density at radius 2 is 2.25 bits per heavy atom. The number of hydrogen-bond donors (Lipinski definition) is 1. The molecule has 2 rings (SSSR count). The highest BCUT2D eigenvalue weighted by molar-refractivity contribution is 5.73. The minimum atomic E-state index is -0.349. The highest BCUT2D eigenvalue weighted by atomic mass is 16.6. The van der Waals surface area contributed by atoms with Crippen molar-refractivity contribution in [2.45, 2.75) is 18.8 Å². The van der Waals surface area contributed by atoms with E-state index < -0.39 is 0 Å². The van der Waals surface area contributed by atoms with Crippen molar-refractivity contribution in [2.24, 2.45) is 0 Å². The van der Waals surface area contributed by atoms with E-state index in [4.69, 9.17) is 0 Å². The number of rotatable bonds is 4. The molecule has 0 saturated heterocycles. The molecule has 0 atom stereocenters. The zero-order valence-corrected chi connectivity index (χ0v) is 9.19. The minimum Gasteiger partial charge on any atom is -0.387 e. The van der Waals surface area contributed by atoms with Gasteiger partial charge in [0, 0.05) is 30.4 Å². The highest BCUT2D eigenvalue weighted by Crippen LogP contribution is 2.45. The standard InChI is InChI=1S/C12H14N2O2/c1-3-8-6-10(14(15)16)7-11(9-4-5-9)12(8)13-2/h3,6-7,9,13H,1,4-5H2,2H3. The Morgan fingerprint density at radius 3 is 2.69 bits per heavy atom. The molecule has 0 aromatic heterocycles. The Bertz CT molecular complexity index is 451. The number of nitrogens with one attached hydrogen (secondary N) is 1. The number of nitro groups is 1. The molecule has 1 N–H and O–H groups in total. The number of non-ortho nitro benzene ring substituents is 1. The van der Waals surface area contributed by atoms with Gasteiger partial charge >= 0.3 is 0 Å². The Morgan fingerprint density at radius 1 is 1.56 bits per heavy atom. The van der Waals surface area contributed by atoms with Crippen LogP contribution < -0.4 is 5.32 Å². The third-order valence-corrected chi connectivity index (χ3v) is 2.88. The van der Waals surface area contributed by atoms with Gasteiger partial charge in [-0.3, -0.25) is 10.1 Å². The summed E-state index contributed by atoms with van der Waals surface area (Å²) >= 11 is 0. The van der Waals surface area contributed by atoms with E-state index in [1.165, 1.54) is 0 Å². The van der Waals surface area contributed by atoms with Crippen LogP contribution in [0, 0.1) is 10.1 Å².